The molecule has 0 saturated carbocycles. The number of aliphatic hydroxyl groups is 1. The number of alkyl halides is 1. The quantitative estimate of drug-likeness (QED) is 0.610. The smallest absolute Gasteiger partial charge is 0.142 e. The predicted molar refractivity (Wildman–Crippen MR) is 109 cm³/mol. The van der Waals surface area contributed by atoms with Crippen LogP contribution in [0, 0.1) is 0 Å². The van der Waals surface area contributed by atoms with Gasteiger partial charge in [-0.3, -0.25) is 0 Å². The summed E-state index contributed by atoms with van der Waals surface area (Å²) in [5, 5.41) is 16.5. The summed E-state index contributed by atoms with van der Waals surface area (Å²) in [7, 11) is 1.72. The first-order valence-electron chi connectivity index (χ1n) is 9.19. The van der Waals surface area contributed by atoms with Crippen LogP contribution >= 0.6 is 11.6 Å². The van der Waals surface area contributed by atoms with Gasteiger partial charge < -0.3 is 20.5 Å². The molecule has 0 aromatic heterocycles. The number of aryl methyl sites for hydroxylation is 2. The van der Waals surface area contributed by atoms with Crippen molar-refractivity contribution in [1.82, 2.24) is 0 Å². The molecule has 2 atom stereocenters. The first kappa shape index (κ1) is 18.9. The van der Waals surface area contributed by atoms with Gasteiger partial charge in [-0.15, -0.1) is 11.6 Å². The summed E-state index contributed by atoms with van der Waals surface area (Å²) >= 11 is 5.64. The lowest BCUT2D eigenvalue weighted by molar-refractivity contribution is 0.211. The van der Waals surface area contributed by atoms with E-state index in [-0.39, 0.29) is 5.88 Å². The number of methoxy groups -OCH3 is 1. The van der Waals surface area contributed by atoms with Crippen LogP contribution in [0.1, 0.15) is 24.0 Å². The number of fused-ring (bicyclic) bond motifs is 1. The number of rotatable bonds is 8. The molecule has 2 unspecified atom stereocenters. The lowest BCUT2D eigenvalue weighted by Gasteiger charge is -2.28. The molecule has 2 aromatic carbocycles. The Labute approximate surface area is 160 Å². The van der Waals surface area contributed by atoms with Gasteiger partial charge in [0.15, 0.2) is 0 Å². The van der Waals surface area contributed by atoms with Crippen molar-refractivity contribution in [1.29, 1.82) is 0 Å². The van der Waals surface area contributed by atoms with Crippen molar-refractivity contribution in [2.75, 3.05) is 30.2 Å². The Morgan fingerprint density at radius 3 is 2.96 bits per heavy atom. The summed E-state index contributed by atoms with van der Waals surface area (Å²) in [6, 6.07) is 15.1. The Morgan fingerprint density at radius 1 is 1.31 bits per heavy atom. The molecule has 5 heteroatoms. The topological polar surface area (TPSA) is 53.5 Å². The van der Waals surface area contributed by atoms with E-state index in [0.29, 0.717) is 12.6 Å². The fraction of sp³-hybridized carbons (Fsp3) is 0.429. The molecule has 1 aliphatic heterocycles. The zero-order valence-electron chi connectivity index (χ0n) is 15.2. The van der Waals surface area contributed by atoms with Gasteiger partial charge in [-0.05, 0) is 55.0 Å². The van der Waals surface area contributed by atoms with Crippen LogP contribution in [0.4, 0.5) is 11.4 Å². The molecule has 0 saturated heterocycles. The van der Waals surface area contributed by atoms with Crippen LogP contribution in [0.5, 0.6) is 5.75 Å². The number of benzene rings is 2. The summed E-state index contributed by atoms with van der Waals surface area (Å²) in [5.74, 6) is 1.17. The van der Waals surface area contributed by atoms with Gasteiger partial charge in [0.2, 0.25) is 0 Å². The van der Waals surface area contributed by atoms with E-state index in [1.165, 1.54) is 11.1 Å². The number of hydrogen-bond acceptors (Lipinski definition) is 4. The van der Waals surface area contributed by atoms with Crippen LogP contribution in [0.15, 0.2) is 42.5 Å². The number of ether oxygens (including phenoxy) is 1. The Balaban J connectivity index is 1.56. The summed E-state index contributed by atoms with van der Waals surface area (Å²) in [6.07, 6.45) is 3.78. The fourth-order valence-electron chi connectivity index (χ4n) is 3.41. The third-order valence-corrected chi connectivity index (χ3v) is 5.23. The molecule has 0 spiro atoms. The van der Waals surface area contributed by atoms with Gasteiger partial charge in [0, 0.05) is 18.3 Å². The van der Waals surface area contributed by atoms with Gasteiger partial charge in [0.05, 0.1) is 24.8 Å². The van der Waals surface area contributed by atoms with Crippen LogP contribution < -0.4 is 15.4 Å². The third kappa shape index (κ3) is 4.83. The molecule has 0 aliphatic carbocycles. The molecule has 1 aliphatic rings. The van der Waals surface area contributed by atoms with E-state index in [0.717, 1.165) is 42.8 Å². The zero-order chi connectivity index (χ0) is 18.4. The number of anilines is 2. The maximum Gasteiger partial charge on any atom is 0.142 e. The first-order chi connectivity index (χ1) is 12.7. The highest BCUT2D eigenvalue weighted by molar-refractivity contribution is 6.18. The molecule has 2 aromatic rings. The Morgan fingerprint density at radius 2 is 2.15 bits per heavy atom. The second kappa shape index (κ2) is 9.15. The number of aliphatic hydroxyl groups excluding tert-OH is 1. The standard InChI is InChI=1S/C21H27ClN2O2/c1-26-20-7-3-5-16-9-11-17(24-21(16)20)10-8-15-4-2-6-18(12-15)23-14-19(25)13-22/h2-7,12,17,19,23-25H,8-11,13-14H2,1H3. The molecule has 3 rings (SSSR count). The minimum absolute atomic E-state index is 0.241. The van der Waals surface area contributed by atoms with Crippen molar-refractivity contribution in [2.45, 2.75) is 37.8 Å². The van der Waals surface area contributed by atoms with Gasteiger partial charge in [-0.1, -0.05) is 24.3 Å². The number of nitrogens with one attached hydrogen (secondary N) is 2. The van der Waals surface area contributed by atoms with Crippen molar-refractivity contribution in [3.63, 3.8) is 0 Å². The molecule has 0 fully saturated rings. The molecule has 0 amide bonds. The van der Waals surface area contributed by atoms with E-state index in [4.69, 9.17) is 16.3 Å². The number of halogens is 1. The highest BCUT2D eigenvalue weighted by Crippen LogP contribution is 2.34. The van der Waals surface area contributed by atoms with Crippen molar-refractivity contribution in [3.05, 3.63) is 53.6 Å². The van der Waals surface area contributed by atoms with E-state index in [1.807, 2.05) is 12.1 Å². The van der Waals surface area contributed by atoms with Gasteiger partial charge in [-0.2, -0.15) is 0 Å². The van der Waals surface area contributed by atoms with Crippen molar-refractivity contribution < 1.29 is 9.84 Å². The number of para-hydroxylation sites is 1. The van der Waals surface area contributed by atoms with Crippen LogP contribution in [0.2, 0.25) is 0 Å². The molecule has 0 bridgehead atoms. The Kier molecular flexibility index (Phi) is 6.64. The second-order valence-electron chi connectivity index (χ2n) is 6.80. The van der Waals surface area contributed by atoms with Crippen molar-refractivity contribution in [3.8, 4) is 5.75 Å². The van der Waals surface area contributed by atoms with E-state index in [2.05, 4.69) is 41.0 Å². The Bertz CT molecular complexity index is 709. The molecule has 0 radical (unpaired) electrons. The largest absolute Gasteiger partial charge is 0.495 e. The summed E-state index contributed by atoms with van der Waals surface area (Å²) < 4.78 is 5.49. The third-order valence-electron chi connectivity index (χ3n) is 4.87. The number of hydrogen-bond donors (Lipinski definition) is 3. The molecule has 140 valence electrons. The maximum absolute atomic E-state index is 9.57. The van der Waals surface area contributed by atoms with Gasteiger partial charge in [-0.25, -0.2) is 0 Å². The normalized spacial score (nSPS) is 17.1. The van der Waals surface area contributed by atoms with E-state index < -0.39 is 6.10 Å². The SMILES string of the molecule is COc1cccc2c1NC(CCc1cccc(NCC(O)CCl)c1)CC2. The minimum atomic E-state index is -0.526. The predicted octanol–water partition coefficient (Wildman–Crippen LogP) is 4.07. The molecule has 26 heavy (non-hydrogen) atoms. The van der Waals surface area contributed by atoms with Gasteiger partial charge in [0.1, 0.15) is 5.75 Å². The average molecular weight is 375 g/mol. The van der Waals surface area contributed by atoms with Gasteiger partial charge in [0.25, 0.3) is 0 Å². The van der Waals surface area contributed by atoms with Crippen LogP contribution in [-0.4, -0.2) is 36.8 Å². The van der Waals surface area contributed by atoms with E-state index >= 15 is 0 Å². The molecule has 4 nitrogen and oxygen atoms in total. The molecular weight excluding hydrogens is 348 g/mol. The Hall–Kier alpha value is -1.91. The summed E-state index contributed by atoms with van der Waals surface area (Å²) in [4.78, 5) is 0. The lowest BCUT2D eigenvalue weighted by Crippen LogP contribution is -2.26. The molecule has 1 heterocycles. The minimum Gasteiger partial charge on any atom is -0.495 e. The van der Waals surface area contributed by atoms with Crippen LogP contribution in [0.3, 0.4) is 0 Å². The fourth-order valence-corrected chi connectivity index (χ4v) is 3.52. The average Bonchev–Trinajstić information content (AvgIpc) is 2.70. The summed E-state index contributed by atoms with van der Waals surface area (Å²) in [5.41, 5.74) is 4.81. The van der Waals surface area contributed by atoms with Gasteiger partial charge >= 0.3 is 0 Å². The van der Waals surface area contributed by atoms with Crippen LogP contribution in [-0.2, 0) is 12.8 Å². The van der Waals surface area contributed by atoms with Crippen LogP contribution in [0.25, 0.3) is 0 Å². The summed E-state index contributed by atoms with van der Waals surface area (Å²) in [6.45, 7) is 0.466. The van der Waals surface area contributed by atoms with Crippen molar-refractivity contribution >= 4 is 23.0 Å². The van der Waals surface area contributed by atoms with E-state index in [1.54, 1.807) is 7.11 Å². The lowest BCUT2D eigenvalue weighted by atomic mass is 9.93. The van der Waals surface area contributed by atoms with E-state index in [9.17, 15) is 5.11 Å². The maximum atomic E-state index is 9.57. The molecular formula is C21H27ClN2O2. The zero-order valence-corrected chi connectivity index (χ0v) is 15.9. The first-order valence-corrected chi connectivity index (χ1v) is 9.72. The highest BCUT2D eigenvalue weighted by atomic mass is 35.5. The molecule has 3 N–H and O–H groups in total. The monoisotopic (exact) mass is 374 g/mol. The van der Waals surface area contributed by atoms with Crippen molar-refractivity contribution in [2.24, 2.45) is 0 Å². The highest BCUT2D eigenvalue weighted by Gasteiger charge is 2.20. The second-order valence-corrected chi connectivity index (χ2v) is 7.11.